The van der Waals surface area contributed by atoms with Gasteiger partial charge in [-0.25, -0.2) is 4.79 Å². The van der Waals surface area contributed by atoms with Gasteiger partial charge in [0.05, 0.1) is 10.6 Å². The average molecular weight is 640 g/mol. The number of ether oxygens (including phenoxy) is 2. The highest BCUT2D eigenvalue weighted by atomic mass is 79.9. The van der Waals surface area contributed by atoms with Crippen molar-refractivity contribution in [1.82, 2.24) is 10.2 Å². The molecule has 3 aliphatic rings. The second kappa shape index (κ2) is 10.6. The molecule has 1 aliphatic carbocycles. The van der Waals surface area contributed by atoms with Gasteiger partial charge in [0.15, 0.2) is 5.69 Å². The van der Waals surface area contributed by atoms with Crippen molar-refractivity contribution in [1.29, 1.82) is 0 Å². The fraction of sp³-hybridized carbons (Fsp3) is 0.226. The maximum Gasteiger partial charge on any atom is 0.354 e. The summed E-state index contributed by atoms with van der Waals surface area (Å²) in [7, 11) is 0. The Labute approximate surface area is 250 Å². The molecule has 3 aromatic carbocycles. The number of H-pyrrole nitrogens is 1. The van der Waals surface area contributed by atoms with Gasteiger partial charge in [-0.05, 0) is 67.3 Å². The van der Waals surface area contributed by atoms with Crippen molar-refractivity contribution in [2.45, 2.75) is 44.6 Å². The van der Waals surface area contributed by atoms with E-state index in [9.17, 15) is 4.79 Å². The largest absolute Gasteiger partial charge is 0.488 e. The number of rotatable bonds is 3. The summed E-state index contributed by atoms with van der Waals surface area (Å²) in [5, 5.41) is 16.8. The highest BCUT2D eigenvalue weighted by molar-refractivity contribution is 9.10. The number of hydrogen-bond acceptors (Lipinski definition) is 4. The molecule has 0 bridgehead atoms. The molecule has 0 atom stereocenters. The predicted molar refractivity (Wildman–Crippen MR) is 159 cm³/mol. The number of fused-ring (bicyclic) bond motifs is 5. The van der Waals surface area contributed by atoms with Crippen LogP contribution in [0.3, 0.4) is 0 Å². The number of carboxylic acids is 1. The lowest BCUT2D eigenvalue weighted by atomic mass is 9.58. The van der Waals surface area contributed by atoms with Crippen molar-refractivity contribution in [2.24, 2.45) is 0 Å². The van der Waals surface area contributed by atoms with E-state index in [1.165, 1.54) is 30.4 Å². The number of para-hydroxylation sites is 1. The van der Waals surface area contributed by atoms with Crippen LogP contribution >= 0.6 is 39.1 Å². The van der Waals surface area contributed by atoms with Crippen LogP contribution in [0.25, 0.3) is 17.0 Å². The van der Waals surface area contributed by atoms with Gasteiger partial charge in [-0.2, -0.15) is 5.10 Å². The monoisotopic (exact) mass is 638 g/mol. The second-order valence-corrected chi connectivity index (χ2v) is 11.7. The average Bonchev–Trinajstić information content (AvgIpc) is 3.36. The minimum absolute atomic E-state index is 0.0985. The second-order valence-electron chi connectivity index (χ2n) is 9.98. The van der Waals surface area contributed by atoms with Gasteiger partial charge >= 0.3 is 5.97 Å². The lowest BCUT2D eigenvalue weighted by molar-refractivity contribution is 0.0687. The molecule has 7 rings (SSSR count). The van der Waals surface area contributed by atoms with Crippen molar-refractivity contribution in [3.63, 3.8) is 0 Å². The number of carboxylic acid groups (broad SMARTS) is 1. The highest BCUT2D eigenvalue weighted by Gasteiger charge is 2.47. The Balaban J connectivity index is 0.000000157. The van der Waals surface area contributed by atoms with Crippen LogP contribution < -0.4 is 9.47 Å². The number of aromatic nitrogens is 2. The van der Waals surface area contributed by atoms with Crippen LogP contribution in [0.5, 0.6) is 11.5 Å². The summed E-state index contributed by atoms with van der Waals surface area (Å²) in [5.41, 5.74) is 5.88. The van der Waals surface area contributed by atoms with E-state index >= 15 is 0 Å². The van der Waals surface area contributed by atoms with Gasteiger partial charge in [0.1, 0.15) is 29.6 Å². The minimum Gasteiger partial charge on any atom is -0.488 e. The number of benzene rings is 3. The van der Waals surface area contributed by atoms with Gasteiger partial charge in [-0.15, -0.1) is 0 Å². The van der Waals surface area contributed by atoms with Gasteiger partial charge in [-0.1, -0.05) is 70.7 Å². The number of allylic oxidation sites excluding steroid dienone is 1. The molecule has 4 aromatic rings. The Bertz CT molecular complexity index is 1680. The summed E-state index contributed by atoms with van der Waals surface area (Å²) in [4.78, 5) is 10.9. The molecule has 9 heteroatoms. The molecule has 2 N–H and O–H groups in total. The zero-order valence-electron chi connectivity index (χ0n) is 21.6. The van der Waals surface area contributed by atoms with Gasteiger partial charge in [0.25, 0.3) is 0 Å². The lowest BCUT2D eigenvalue weighted by Gasteiger charge is -2.48. The maximum atomic E-state index is 10.9. The van der Waals surface area contributed by atoms with E-state index in [2.05, 4.69) is 51.3 Å². The highest BCUT2D eigenvalue weighted by Crippen LogP contribution is 2.58. The number of nitrogens with one attached hydrogen (secondary N) is 1. The number of halogens is 3. The first-order valence-corrected chi connectivity index (χ1v) is 14.6. The molecule has 2 aliphatic heterocycles. The minimum atomic E-state index is -1.02. The molecule has 6 nitrogen and oxygen atoms in total. The van der Waals surface area contributed by atoms with Crippen LogP contribution in [-0.2, 0) is 12.0 Å². The fourth-order valence-electron chi connectivity index (χ4n) is 5.86. The normalized spacial score (nSPS) is 15.9. The van der Waals surface area contributed by atoms with Crippen LogP contribution in [0.2, 0.25) is 10.0 Å². The molecular weight excluding hydrogens is 615 g/mol. The standard InChI is InChI=1S/C20H17BrCl2O.C11H8N2O3/c1-2-15-19(14-6-5-13(22)11-17(14)23)24-18-10-12(21)4-7-16(18)20(15)8-3-9-20;14-11(15)10-7-5-16-8-4-2-1-3-6(8)9(7)12-13-10/h4-7,10-11H,2-3,8-9H2,1H3;1-4H,5H2,(H,12,13)(H,14,15). The molecule has 204 valence electrons. The van der Waals surface area contributed by atoms with E-state index in [-0.39, 0.29) is 17.7 Å². The predicted octanol–water partition coefficient (Wildman–Crippen LogP) is 9.06. The Morgan fingerprint density at radius 2 is 1.88 bits per heavy atom. The van der Waals surface area contributed by atoms with Gasteiger partial charge in [-0.3, -0.25) is 5.10 Å². The molecule has 0 unspecified atom stereocenters. The third-order valence-corrected chi connectivity index (χ3v) is 8.90. The molecule has 0 amide bonds. The fourth-order valence-corrected chi connectivity index (χ4v) is 6.70. The van der Waals surface area contributed by atoms with E-state index in [1.807, 2.05) is 36.4 Å². The van der Waals surface area contributed by atoms with Crippen molar-refractivity contribution in [3.8, 4) is 22.8 Å². The van der Waals surface area contributed by atoms with E-state index < -0.39 is 5.97 Å². The summed E-state index contributed by atoms with van der Waals surface area (Å²) in [6.45, 7) is 2.44. The summed E-state index contributed by atoms with van der Waals surface area (Å²) in [5.74, 6) is 1.56. The van der Waals surface area contributed by atoms with Gasteiger partial charge < -0.3 is 14.6 Å². The summed E-state index contributed by atoms with van der Waals surface area (Å²) < 4.78 is 12.9. The quantitative estimate of drug-likeness (QED) is 0.234. The Morgan fingerprint density at radius 3 is 2.58 bits per heavy atom. The zero-order valence-corrected chi connectivity index (χ0v) is 24.7. The van der Waals surface area contributed by atoms with E-state index in [0.717, 1.165) is 39.3 Å². The zero-order chi connectivity index (χ0) is 28.0. The van der Waals surface area contributed by atoms with Crippen LogP contribution in [0.1, 0.15) is 59.8 Å². The van der Waals surface area contributed by atoms with Crippen molar-refractivity contribution >= 4 is 50.9 Å². The van der Waals surface area contributed by atoms with Crippen molar-refractivity contribution in [2.75, 3.05) is 0 Å². The molecule has 1 fully saturated rings. The van der Waals surface area contributed by atoms with E-state index in [4.69, 9.17) is 37.8 Å². The first-order chi connectivity index (χ1) is 19.3. The van der Waals surface area contributed by atoms with E-state index in [1.54, 1.807) is 6.07 Å². The van der Waals surface area contributed by atoms with Crippen LogP contribution in [0, 0.1) is 0 Å². The van der Waals surface area contributed by atoms with E-state index in [0.29, 0.717) is 21.3 Å². The summed E-state index contributed by atoms with van der Waals surface area (Å²) in [6, 6.07) is 19.4. The molecule has 0 saturated heterocycles. The maximum absolute atomic E-state index is 10.9. The topological polar surface area (TPSA) is 84.4 Å². The van der Waals surface area contributed by atoms with Crippen molar-refractivity contribution < 1.29 is 19.4 Å². The Kier molecular flexibility index (Phi) is 7.15. The molecule has 1 aromatic heterocycles. The number of hydrogen-bond donors (Lipinski definition) is 2. The van der Waals surface area contributed by atoms with Gasteiger partial charge in [0, 0.05) is 31.6 Å². The third kappa shape index (κ3) is 4.50. The number of aromatic carboxylic acids is 1. The number of nitrogens with zero attached hydrogens (tertiary/aromatic N) is 1. The molecular formula is C31H25BrCl2N2O4. The van der Waals surface area contributed by atoms with Crippen LogP contribution in [0.4, 0.5) is 0 Å². The van der Waals surface area contributed by atoms with Crippen LogP contribution in [-0.4, -0.2) is 21.3 Å². The number of aromatic amines is 1. The molecule has 1 saturated carbocycles. The summed E-state index contributed by atoms with van der Waals surface area (Å²) in [6.07, 6.45) is 4.54. The number of carbonyl (C=O) groups is 1. The van der Waals surface area contributed by atoms with Crippen LogP contribution in [0.15, 0.2) is 70.7 Å². The lowest BCUT2D eigenvalue weighted by Crippen LogP contribution is -2.39. The SMILES string of the molecule is CCC1=C(c2ccc(Cl)cc2Cl)Oc2cc(Br)ccc2C12CCC2.O=C(O)c1[nH]nc2c1COc1ccccc1-2. The first kappa shape index (κ1) is 26.9. The smallest absolute Gasteiger partial charge is 0.354 e. The Hall–Kier alpha value is -3.26. The molecule has 3 heterocycles. The molecule has 1 spiro atoms. The summed E-state index contributed by atoms with van der Waals surface area (Å²) >= 11 is 16.1. The molecule has 0 radical (unpaired) electrons. The third-order valence-electron chi connectivity index (χ3n) is 7.85. The molecule has 40 heavy (non-hydrogen) atoms. The van der Waals surface area contributed by atoms with Crippen molar-refractivity contribution in [3.05, 3.63) is 103 Å². The first-order valence-electron chi connectivity index (χ1n) is 13.0. The van der Waals surface area contributed by atoms with Gasteiger partial charge in [0.2, 0.25) is 0 Å². The Morgan fingerprint density at radius 1 is 1.07 bits per heavy atom.